The zero-order chi connectivity index (χ0) is 22.1. The summed E-state index contributed by atoms with van der Waals surface area (Å²) < 4.78 is 22.7. The van der Waals surface area contributed by atoms with Crippen molar-refractivity contribution >= 4 is 16.9 Å². The lowest BCUT2D eigenvalue weighted by molar-refractivity contribution is 0.0926. The molecule has 5 rings (SSSR count). The van der Waals surface area contributed by atoms with E-state index in [4.69, 9.17) is 4.42 Å². The van der Waals surface area contributed by atoms with Crippen LogP contribution in [0.15, 0.2) is 77.6 Å². The van der Waals surface area contributed by atoms with Crippen molar-refractivity contribution in [3.63, 3.8) is 0 Å². The van der Waals surface area contributed by atoms with Gasteiger partial charge >= 0.3 is 0 Å². The third-order valence-electron chi connectivity index (χ3n) is 5.29. The number of para-hydroxylation sites is 1. The van der Waals surface area contributed by atoms with Crippen LogP contribution in [-0.4, -0.2) is 31.8 Å². The number of nitrogens with one attached hydrogen (secondary N) is 1. The van der Waals surface area contributed by atoms with E-state index in [1.165, 1.54) is 12.1 Å². The van der Waals surface area contributed by atoms with Gasteiger partial charge in [-0.3, -0.25) is 9.48 Å². The zero-order valence-electron chi connectivity index (χ0n) is 17.3. The lowest BCUT2D eigenvalue weighted by Crippen LogP contribution is -2.27. The van der Waals surface area contributed by atoms with E-state index < -0.39 is 0 Å². The van der Waals surface area contributed by atoms with E-state index in [0.29, 0.717) is 18.7 Å². The van der Waals surface area contributed by atoms with Crippen molar-refractivity contribution in [3.8, 4) is 22.6 Å². The van der Waals surface area contributed by atoms with Gasteiger partial charge in [-0.2, -0.15) is 5.10 Å². The standard InChI is InChI=1S/C24H20FN5O2/c1-29-12-10-26-23(29)22-19(16-6-8-18(25)9-7-16)15-28-30(22)13-11-27-24(31)21-14-17-4-2-3-5-20(17)32-21/h2-10,12,14-15H,11,13H2,1H3,(H,27,31). The number of rotatable bonds is 6. The number of carbonyl (C=O) groups is 1. The molecule has 0 unspecified atom stereocenters. The molecule has 5 aromatic rings. The van der Waals surface area contributed by atoms with Gasteiger partial charge in [-0.15, -0.1) is 0 Å². The third kappa shape index (κ3) is 3.66. The first-order chi connectivity index (χ1) is 15.6. The van der Waals surface area contributed by atoms with E-state index in [1.54, 1.807) is 35.3 Å². The summed E-state index contributed by atoms with van der Waals surface area (Å²) in [5, 5.41) is 8.27. The van der Waals surface area contributed by atoms with Crippen LogP contribution in [-0.2, 0) is 13.6 Å². The van der Waals surface area contributed by atoms with Gasteiger partial charge in [-0.25, -0.2) is 9.37 Å². The van der Waals surface area contributed by atoms with Crippen LogP contribution in [0.25, 0.3) is 33.6 Å². The Morgan fingerprint density at radius 2 is 1.97 bits per heavy atom. The molecule has 3 aromatic heterocycles. The molecule has 0 aliphatic rings. The number of furan rings is 1. The van der Waals surface area contributed by atoms with Crippen molar-refractivity contribution in [3.05, 3.63) is 84.8 Å². The minimum absolute atomic E-state index is 0.267. The summed E-state index contributed by atoms with van der Waals surface area (Å²) in [7, 11) is 1.90. The fourth-order valence-corrected chi connectivity index (χ4v) is 3.68. The van der Waals surface area contributed by atoms with Crippen LogP contribution in [0.5, 0.6) is 0 Å². The highest BCUT2D eigenvalue weighted by atomic mass is 19.1. The van der Waals surface area contributed by atoms with Crippen LogP contribution in [0.3, 0.4) is 0 Å². The van der Waals surface area contributed by atoms with Crippen molar-refractivity contribution in [2.24, 2.45) is 7.05 Å². The van der Waals surface area contributed by atoms with E-state index in [-0.39, 0.29) is 17.5 Å². The monoisotopic (exact) mass is 429 g/mol. The molecule has 0 aliphatic heterocycles. The van der Waals surface area contributed by atoms with Gasteiger partial charge in [-0.1, -0.05) is 30.3 Å². The van der Waals surface area contributed by atoms with Crippen LogP contribution in [0, 0.1) is 5.82 Å². The minimum Gasteiger partial charge on any atom is -0.451 e. The highest BCUT2D eigenvalue weighted by molar-refractivity contribution is 5.96. The Labute approximate surface area is 183 Å². The molecular formula is C24H20FN5O2. The second-order valence-corrected chi connectivity index (χ2v) is 7.40. The molecule has 0 radical (unpaired) electrons. The molecule has 1 amide bonds. The average Bonchev–Trinajstić information content (AvgIpc) is 3.52. The van der Waals surface area contributed by atoms with Crippen LogP contribution < -0.4 is 5.32 Å². The molecule has 0 saturated heterocycles. The van der Waals surface area contributed by atoms with Gasteiger partial charge in [0.2, 0.25) is 0 Å². The fourth-order valence-electron chi connectivity index (χ4n) is 3.68. The quantitative estimate of drug-likeness (QED) is 0.437. The second-order valence-electron chi connectivity index (χ2n) is 7.40. The van der Waals surface area contributed by atoms with E-state index >= 15 is 0 Å². The van der Waals surface area contributed by atoms with Crippen LogP contribution in [0.4, 0.5) is 4.39 Å². The summed E-state index contributed by atoms with van der Waals surface area (Å²) in [6, 6.07) is 15.5. The highest BCUT2D eigenvalue weighted by Gasteiger charge is 2.19. The van der Waals surface area contributed by atoms with Crippen molar-refractivity contribution in [2.75, 3.05) is 6.54 Å². The summed E-state index contributed by atoms with van der Waals surface area (Å²) in [4.78, 5) is 17.0. The Morgan fingerprint density at radius 1 is 1.16 bits per heavy atom. The SMILES string of the molecule is Cn1ccnc1-c1c(-c2ccc(F)cc2)cnn1CCNC(=O)c1cc2ccccc2o1. The van der Waals surface area contributed by atoms with Gasteiger partial charge in [0.1, 0.15) is 17.1 Å². The largest absolute Gasteiger partial charge is 0.451 e. The summed E-state index contributed by atoms with van der Waals surface area (Å²) in [5.41, 5.74) is 3.14. The zero-order valence-corrected chi connectivity index (χ0v) is 17.3. The Bertz CT molecular complexity index is 1360. The highest BCUT2D eigenvalue weighted by Crippen LogP contribution is 2.31. The van der Waals surface area contributed by atoms with E-state index in [1.807, 2.05) is 42.1 Å². The summed E-state index contributed by atoms with van der Waals surface area (Å²) in [6.45, 7) is 0.771. The van der Waals surface area contributed by atoms with E-state index in [9.17, 15) is 9.18 Å². The van der Waals surface area contributed by atoms with Crippen molar-refractivity contribution in [1.29, 1.82) is 0 Å². The lowest BCUT2D eigenvalue weighted by Gasteiger charge is -2.11. The number of benzene rings is 2. The van der Waals surface area contributed by atoms with Crippen LogP contribution in [0.1, 0.15) is 10.6 Å². The topological polar surface area (TPSA) is 77.9 Å². The van der Waals surface area contributed by atoms with Gasteiger partial charge in [0.25, 0.3) is 5.91 Å². The molecule has 0 bridgehead atoms. The normalized spacial score (nSPS) is 11.2. The number of hydrogen-bond acceptors (Lipinski definition) is 4. The molecule has 7 nitrogen and oxygen atoms in total. The number of carbonyl (C=O) groups excluding carboxylic acids is 1. The first kappa shape index (κ1) is 19.7. The Kier molecular flexibility index (Phi) is 5.03. The van der Waals surface area contributed by atoms with Gasteiger partial charge in [0.05, 0.1) is 12.7 Å². The molecular weight excluding hydrogens is 409 g/mol. The first-order valence-corrected chi connectivity index (χ1v) is 10.2. The van der Waals surface area contributed by atoms with Gasteiger partial charge < -0.3 is 14.3 Å². The fraction of sp³-hybridized carbons (Fsp3) is 0.125. The number of imidazole rings is 1. The Balaban J connectivity index is 1.38. The Morgan fingerprint density at radius 3 is 2.72 bits per heavy atom. The van der Waals surface area contributed by atoms with E-state index in [2.05, 4.69) is 15.4 Å². The predicted molar refractivity (Wildman–Crippen MR) is 118 cm³/mol. The number of halogens is 1. The first-order valence-electron chi connectivity index (χ1n) is 10.2. The second kappa shape index (κ2) is 8.14. The number of aromatic nitrogens is 4. The maximum Gasteiger partial charge on any atom is 0.287 e. The maximum absolute atomic E-state index is 13.4. The molecule has 8 heteroatoms. The van der Waals surface area contributed by atoms with Gasteiger partial charge in [0.15, 0.2) is 11.6 Å². The number of aryl methyl sites for hydroxylation is 1. The maximum atomic E-state index is 13.4. The summed E-state index contributed by atoms with van der Waals surface area (Å²) >= 11 is 0. The molecule has 0 saturated carbocycles. The minimum atomic E-state index is -0.298. The third-order valence-corrected chi connectivity index (χ3v) is 5.29. The van der Waals surface area contributed by atoms with Crippen LogP contribution in [0.2, 0.25) is 0 Å². The van der Waals surface area contributed by atoms with Crippen LogP contribution >= 0.6 is 0 Å². The molecule has 160 valence electrons. The molecule has 2 aromatic carbocycles. The number of hydrogen-bond donors (Lipinski definition) is 1. The molecule has 0 atom stereocenters. The van der Waals surface area contributed by atoms with Crippen molar-refractivity contribution in [2.45, 2.75) is 6.54 Å². The smallest absolute Gasteiger partial charge is 0.287 e. The average molecular weight is 429 g/mol. The van der Waals surface area contributed by atoms with E-state index in [0.717, 1.165) is 28.0 Å². The molecule has 0 spiro atoms. The van der Waals surface area contributed by atoms with Gasteiger partial charge in [-0.05, 0) is 29.8 Å². The lowest BCUT2D eigenvalue weighted by atomic mass is 10.1. The summed E-state index contributed by atoms with van der Waals surface area (Å²) in [6.07, 6.45) is 5.30. The number of nitrogens with zero attached hydrogens (tertiary/aromatic N) is 4. The molecule has 3 heterocycles. The number of fused-ring (bicyclic) bond motifs is 1. The molecule has 32 heavy (non-hydrogen) atoms. The van der Waals surface area contributed by atoms with Crippen molar-refractivity contribution < 1.29 is 13.6 Å². The predicted octanol–water partition coefficient (Wildman–Crippen LogP) is 4.27. The summed E-state index contributed by atoms with van der Waals surface area (Å²) in [5.74, 6) is 0.409. The van der Waals surface area contributed by atoms with Gasteiger partial charge in [0, 0.05) is 36.9 Å². The number of amides is 1. The molecule has 0 fully saturated rings. The Hall–Kier alpha value is -4.20. The molecule has 0 aliphatic carbocycles. The molecule has 1 N–H and O–H groups in total. The van der Waals surface area contributed by atoms with Crippen molar-refractivity contribution in [1.82, 2.24) is 24.6 Å².